The van der Waals surface area contributed by atoms with Crippen molar-refractivity contribution < 1.29 is 8.78 Å². The lowest BCUT2D eigenvalue weighted by molar-refractivity contribution is 0.602. The average Bonchev–Trinajstić information content (AvgIpc) is 3.03. The molecule has 0 atom stereocenters. The van der Waals surface area contributed by atoms with E-state index in [0.717, 1.165) is 30.8 Å². The maximum atomic E-state index is 13.6. The number of para-hydroxylation sites is 1. The van der Waals surface area contributed by atoms with Crippen LogP contribution in [-0.4, -0.2) is 13.1 Å². The molecular formula is C17H18F2N2. The first-order chi connectivity index (χ1) is 10.2. The third-order valence-corrected chi connectivity index (χ3v) is 3.84. The normalized spacial score (nSPS) is 14.5. The number of hydrogen-bond acceptors (Lipinski definition) is 2. The van der Waals surface area contributed by atoms with Gasteiger partial charge in [0, 0.05) is 25.3 Å². The minimum absolute atomic E-state index is 0.200. The summed E-state index contributed by atoms with van der Waals surface area (Å²) in [5.41, 5.74) is 2.48. The summed E-state index contributed by atoms with van der Waals surface area (Å²) in [5, 5.41) is 2.99. The van der Waals surface area contributed by atoms with Crippen LogP contribution in [0.2, 0.25) is 0 Å². The summed E-state index contributed by atoms with van der Waals surface area (Å²) in [6.45, 7) is 2.60. The zero-order valence-corrected chi connectivity index (χ0v) is 11.8. The molecule has 1 aliphatic rings. The number of nitrogens with one attached hydrogen (secondary N) is 1. The van der Waals surface area contributed by atoms with Gasteiger partial charge < -0.3 is 10.2 Å². The Morgan fingerprint density at radius 1 is 1.00 bits per heavy atom. The Hall–Kier alpha value is -2.10. The number of anilines is 2. The van der Waals surface area contributed by atoms with Crippen LogP contribution in [-0.2, 0) is 6.54 Å². The minimum Gasteiger partial charge on any atom is -0.378 e. The van der Waals surface area contributed by atoms with Crippen LogP contribution >= 0.6 is 0 Å². The van der Waals surface area contributed by atoms with Gasteiger partial charge in [-0.2, -0.15) is 0 Å². The maximum absolute atomic E-state index is 13.6. The van der Waals surface area contributed by atoms with E-state index < -0.39 is 11.6 Å². The molecule has 110 valence electrons. The van der Waals surface area contributed by atoms with Crippen molar-refractivity contribution >= 4 is 11.4 Å². The first-order valence-corrected chi connectivity index (χ1v) is 7.26. The van der Waals surface area contributed by atoms with E-state index in [4.69, 9.17) is 0 Å². The van der Waals surface area contributed by atoms with Crippen LogP contribution in [0, 0.1) is 11.6 Å². The Balaban J connectivity index is 1.77. The first kappa shape index (κ1) is 13.9. The number of rotatable bonds is 4. The van der Waals surface area contributed by atoms with E-state index in [1.165, 1.54) is 24.6 Å². The first-order valence-electron chi connectivity index (χ1n) is 7.26. The molecule has 3 rings (SSSR count). The summed E-state index contributed by atoms with van der Waals surface area (Å²) in [7, 11) is 0. The van der Waals surface area contributed by atoms with E-state index in [9.17, 15) is 8.78 Å². The van der Waals surface area contributed by atoms with Crippen LogP contribution in [0.5, 0.6) is 0 Å². The van der Waals surface area contributed by atoms with Gasteiger partial charge in [0.1, 0.15) is 11.6 Å². The molecule has 0 bridgehead atoms. The highest BCUT2D eigenvalue weighted by Crippen LogP contribution is 2.25. The summed E-state index contributed by atoms with van der Waals surface area (Å²) < 4.78 is 26.8. The average molecular weight is 288 g/mol. The predicted molar refractivity (Wildman–Crippen MR) is 81.6 cm³/mol. The number of benzene rings is 2. The fraction of sp³-hybridized carbons (Fsp3) is 0.294. The van der Waals surface area contributed by atoms with Crippen molar-refractivity contribution in [3.63, 3.8) is 0 Å². The molecule has 4 heteroatoms. The molecule has 1 aliphatic heterocycles. The van der Waals surface area contributed by atoms with Gasteiger partial charge in [-0.3, -0.25) is 0 Å². The molecule has 0 aromatic heterocycles. The summed E-state index contributed by atoms with van der Waals surface area (Å²) in [6.07, 6.45) is 2.42. The van der Waals surface area contributed by atoms with Gasteiger partial charge in [0.15, 0.2) is 0 Å². The van der Waals surface area contributed by atoms with Crippen molar-refractivity contribution in [3.05, 3.63) is 59.7 Å². The molecule has 1 saturated heterocycles. The van der Waals surface area contributed by atoms with Gasteiger partial charge in [0.2, 0.25) is 0 Å². The highest BCUT2D eigenvalue weighted by Gasteiger charge is 2.15. The van der Waals surface area contributed by atoms with E-state index in [-0.39, 0.29) is 5.69 Å². The van der Waals surface area contributed by atoms with Crippen LogP contribution in [0.15, 0.2) is 42.5 Å². The third kappa shape index (κ3) is 3.15. The molecule has 0 saturated carbocycles. The van der Waals surface area contributed by atoms with E-state index in [0.29, 0.717) is 6.54 Å². The van der Waals surface area contributed by atoms with Gasteiger partial charge in [0.25, 0.3) is 0 Å². The smallest absolute Gasteiger partial charge is 0.146 e. The largest absolute Gasteiger partial charge is 0.378 e. The Morgan fingerprint density at radius 3 is 2.57 bits per heavy atom. The molecule has 1 N–H and O–H groups in total. The van der Waals surface area contributed by atoms with Gasteiger partial charge in [0.05, 0.1) is 5.69 Å². The summed E-state index contributed by atoms with van der Waals surface area (Å²) >= 11 is 0. The Labute approximate surface area is 123 Å². The van der Waals surface area contributed by atoms with Crippen LogP contribution in [0.3, 0.4) is 0 Å². The van der Waals surface area contributed by atoms with Crippen molar-refractivity contribution in [1.29, 1.82) is 0 Å². The van der Waals surface area contributed by atoms with Crippen molar-refractivity contribution in [2.75, 3.05) is 23.3 Å². The highest BCUT2D eigenvalue weighted by atomic mass is 19.1. The molecular weight excluding hydrogens is 270 g/mol. The van der Waals surface area contributed by atoms with Crippen molar-refractivity contribution in [3.8, 4) is 0 Å². The number of halogens is 2. The zero-order valence-electron chi connectivity index (χ0n) is 11.8. The zero-order chi connectivity index (χ0) is 14.7. The molecule has 2 aromatic rings. The molecule has 2 aromatic carbocycles. The lowest BCUT2D eigenvalue weighted by atomic mass is 10.1. The minimum atomic E-state index is -0.438. The number of hydrogen-bond donors (Lipinski definition) is 1. The van der Waals surface area contributed by atoms with Gasteiger partial charge in [-0.05, 0) is 42.7 Å². The predicted octanol–water partition coefficient (Wildman–Crippen LogP) is 4.18. The second-order valence-corrected chi connectivity index (χ2v) is 5.30. The van der Waals surface area contributed by atoms with E-state index in [2.05, 4.69) is 16.3 Å². The highest BCUT2D eigenvalue weighted by molar-refractivity contribution is 5.56. The van der Waals surface area contributed by atoms with Crippen molar-refractivity contribution in [2.45, 2.75) is 19.4 Å². The monoisotopic (exact) mass is 288 g/mol. The van der Waals surface area contributed by atoms with Crippen LogP contribution in [0.25, 0.3) is 0 Å². The second kappa shape index (κ2) is 6.12. The molecule has 21 heavy (non-hydrogen) atoms. The van der Waals surface area contributed by atoms with E-state index in [1.54, 1.807) is 0 Å². The molecule has 0 aliphatic carbocycles. The van der Waals surface area contributed by atoms with Crippen molar-refractivity contribution in [2.24, 2.45) is 0 Å². The molecule has 0 spiro atoms. The van der Waals surface area contributed by atoms with Gasteiger partial charge >= 0.3 is 0 Å². The Morgan fingerprint density at radius 2 is 1.76 bits per heavy atom. The summed E-state index contributed by atoms with van der Waals surface area (Å²) in [5.74, 6) is -0.873. The molecule has 0 amide bonds. The van der Waals surface area contributed by atoms with Gasteiger partial charge in [-0.25, -0.2) is 8.78 Å². The molecule has 2 nitrogen and oxygen atoms in total. The summed E-state index contributed by atoms with van der Waals surface area (Å²) in [4.78, 5) is 2.35. The lowest BCUT2D eigenvalue weighted by Crippen LogP contribution is -2.20. The lowest BCUT2D eigenvalue weighted by Gasteiger charge is -2.21. The van der Waals surface area contributed by atoms with E-state index in [1.807, 2.05) is 18.2 Å². The SMILES string of the molecule is Fc1ccc(F)c(NCc2ccccc2N2CCCC2)c1. The molecule has 0 radical (unpaired) electrons. The van der Waals surface area contributed by atoms with Gasteiger partial charge in [-0.1, -0.05) is 18.2 Å². The summed E-state index contributed by atoms with van der Waals surface area (Å²) in [6, 6.07) is 11.6. The fourth-order valence-electron chi connectivity index (χ4n) is 2.75. The molecule has 0 unspecified atom stereocenters. The second-order valence-electron chi connectivity index (χ2n) is 5.30. The fourth-order valence-corrected chi connectivity index (χ4v) is 2.75. The Kier molecular flexibility index (Phi) is 4.04. The van der Waals surface area contributed by atoms with Crippen LogP contribution in [0.1, 0.15) is 18.4 Å². The topological polar surface area (TPSA) is 15.3 Å². The van der Waals surface area contributed by atoms with Crippen LogP contribution in [0.4, 0.5) is 20.2 Å². The standard InChI is InChI=1S/C17H18F2N2/c18-14-7-8-15(19)16(11-14)20-12-13-5-1-2-6-17(13)21-9-3-4-10-21/h1-2,5-8,11,20H,3-4,9-10,12H2. The number of nitrogens with zero attached hydrogens (tertiary/aromatic N) is 1. The van der Waals surface area contributed by atoms with Gasteiger partial charge in [-0.15, -0.1) is 0 Å². The Bertz CT molecular complexity index is 622. The maximum Gasteiger partial charge on any atom is 0.146 e. The van der Waals surface area contributed by atoms with Crippen LogP contribution < -0.4 is 10.2 Å². The van der Waals surface area contributed by atoms with Crippen molar-refractivity contribution in [1.82, 2.24) is 0 Å². The molecule has 1 fully saturated rings. The molecule has 1 heterocycles. The van der Waals surface area contributed by atoms with E-state index >= 15 is 0 Å². The quantitative estimate of drug-likeness (QED) is 0.908. The third-order valence-electron chi connectivity index (χ3n) is 3.84.